The molecular formula is C50H36N2. The van der Waals surface area contributed by atoms with Gasteiger partial charge in [0.2, 0.25) is 0 Å². The van der Waals surface area contributed by atoms with Gasteiger partial charge in [0.05, 0.1) is 5.69 Å². The highest BCUT2D eigenvalue weighted by molar-refractivity contribution is 6.00. The average molecular weight is 665 g/mol. The van der Waals surface area contributed by atoms with Crippen LogP contribution >= 0.6 is 0 Å². The van der Waals surface area contributed by atoms with Crippen LogP contribution in [0.2, 0.25) is 0 Å². The minimum atomic E-state index is 1.11. The van der Waals surface area contributed by atoms with Crippen molar-refractivity contribution in [3.8, 4) is 0 Å². The number of fused-ring (bicyclic) bond motifs is 3. The van der Waals surface area contributed by atoms with Crippen molar-refractivity contribution < 1.29 is 0 Å². The lowest BCUT2D eigenvalue weighted by Gasteiger charge is -2.27. The number of hydrogen-bond acceptors (Lipinski definition) is 2. The summed E-state index contributed by atoms with van der Waals surface area (Å²) in [4.78, 5) is 4.69. The Hall–Kier alpha value is -6.90. The van der Waals surface area contributed by atoms with Crippen LogP contribution in [-0.4, -0.2) is 0 Å². The van der Waals surface area contributed by atoms with Gasteiger partial charge in [-0.2, -0.15) is 0 Å². The van der Waals surface area contributed by atoms with E-state index < -0.39 is 0 Å². The quantitative estimate of drug-likeness (QED) is 0.149. The zero-order chi connectivity index (χ0) is 34.7. The number of hydrogen-bond donors (Lipinski definition) is 0. The predicted molar refractivity (Wildman–Crippen MR) is 224 cm³/mol. The number of nitrogens with zero attached hydrogens (tertiary/aromatic N) is 2. The fourth-order valence-electron chi connectivity index (χ4n) is 7.15. The van der Waals surface area contributed by atoms with E-state index in [9.17, 15) is 0 Å². The van der Waals surface area contributed by atoms with Crippen molar-refractivity contribution in [3.63, 3.8) is 0 Å². The molecule has 0 fully saturated rings. The first-order valence-corrected chi connectivity index (χ1v) is 17.8. The molecule has 2 heteroatoms. The van der Waals surface area contributed by atoms with Gasteiger partial charge < -0.3 is 9.80 Å². The first-order chi connectivity index (χ1) is 25.8. The van der Waals surface area contributed by atoms with Crippen LogP contribution in [0.4, 0.5) is 34.1 Å². The van der Waals surface area contributed by atoms with Gasteiger partial charge in [0.25, 0.3) is 0 Å². The van der Waals surface area contributed by atoms with Crippen LogP contribution in [0.25, 0.3) is 44.5 Å². The van der Waals surface area contributed by atoms with E-state index >= 15 is 0 Å². The van der Waals surface area contributed by atoms with E-state index in [0.29, 0.717) is 0 Å². The van der Waals surface area contributed by atoms with Crippen LogP contribution in [-0.2, 0) is 0 Å². The van der Waals surface area contributed by atoms with Crippen molar-refractivity contribution >= 4 is 78.6 Å². The number of anilines is 6. The van der Waals surface area contributed by atoms with Crippen LogP contribution in [0, 0.1) is 0 Å². The van der Waals surface area contributed by atoms with Crippen molar-refractivity contribution in [1.29, 1.82) is 0 Å². The van der Waals surface area contributed by atoms with E-state index in [0.717, 1.165) is 45.3 Å². The third kappa shape index (κ3) is 6.19. The average Bonchev–Trinajstić information content (AvgIpc) is 3.22. The molecule has 0 aliphatic rings. The van der Waals surface area contributed by atoms with E-state index in [4.69, 9.17) is 0 Å². The molecule has 0 aliphatic heterocycles. The minimum absolute atomic E-state index is 1.11. The van der Waals surface area contributed by atoms with Crippen molar-refractivity contribution in [2.75, 3.05) is 9.80 Å². The van der Waals surface area contributed by atoms with E-state index in [2.05, 4.69) is 228 Å². The molecule has 0 heterocycles. The summed E-state index contributed by atoms with van der Waals surface area (Å²) in [6.45, 7) is 0. The van der Waals surface area contributed by atoms with E-state index in [1.165, 1.54) is 32.3 Å². The van der Waals surface area contributed by atoms with Crippen LogP contribution in [0.3, 0.4) is 0 Å². The Labute approximate surface area is 304 Å². The summed E-state index contributed by atoms with van der Waals surface area (Å²) >= 11 is 0. The molecule has 0 spiro atoms. The van der Waals surface area contributed by atoms with Gasteiger partial charge in [0.15, 0.2) is 0 Å². The molecule has 0 saturated heterocycles. The summed E-state index contributed by atoms with van der Waals surface area (Å²) in [6, 6.07) is 73.8. The Morgan fingerprint density at radius 2 is 0.692 bits per heavy atom. The lowest BCUT2D eigenvalue weighted by atomic mass is 10.0. The summed E-state index contributed by atoms with van der Waals surface area (Å²) in [5.74, 6) is 0. The highest BCUT2D eigenvalue weighted by Crippen LogP contribution is 2.40. The molecule has 0 aliphatic carbocycles. The molecule has 0 bridgehead atoms. The highest BCUT2D eigenvalue weighted by Gasteiger charge is 2.16. The predicted octanol–water partition coefficient (Wildman–Crippen LogP) is 14.3. The molecule has 9 aromatic carbocycles. The largest absolute Gasteiger partial charge is 0.310 e. The van der Waals surface area contributed by atoms with Gasteiger partial charge in [-0.05, 0) is 105 Å². The smallest absolute Gasteiger partial charge is 0.0540 e. The van der Waals surface area contributed by atoms with Gasteiger partial charge in [0.1, 0.15) is 0 Å². The molecule has 0 saturated carbocycles. The maximum absolute atomic E-state index is 2.37. The first-order valence-electron chi connectivity index (χ1n) is 17.8. The van der Waals surface area contributed by atoms with Crippen molar-refractivity contribution in [3.05, 3.63) is 217 Å². The Kier molecular flexibility index (Phi) is 8.24. The van der Waals surface area contributed by atoms with Crippen LogP contribution in [0.15, 0.2) is 206 Å². The van der Waals surface area contributed by atoms with Crippen LogP contribution in [0.5, 0.6) is 0 Å². The summed E-state index contributed by atoms with van der Waals surface area (Å²) < 4.78 is 0. The Morgan fingerprint density at radius 1 is 0.269 bits per heavy atom. The zero-order valence-electron chi connectivity index (χ0n) is 28.7. The fraction of sp³-hybridized carbons (Fsp3) is 0. The second kappa shape index (κ2) is 13.8. The SMILES string of the molecule is C(=C\c1ccc(N(c2ccc3ccccc3c2)c2cccc3ccccc23)cc1)/c1ccc(N(c2ccccc2)c2ccc3ccccc3c2)cc1. The highest BCUT2D eigenvalue weighted by atomic mass is 15.1. The number of benzene rings is 9. The van der Waals surface area contributed by atoms with Gasteiger partial charge in [-0.25, -0.2) is 0 Å². The Morgan fingerprint density at radius 3 is 1.29 bits per heavy atom. The molecular weight excluding hydrogens is 629 g/mol. The number of rotatable bonds is 8. The summed E-state index contributed by atoms with van der Waals surface area (Å²) in [7, 11) is 0. The van der Waals surface area contributed by atoms with Gasteiger partial charge in [-0.1, -0.05) is 152 Å². The minimum Gasteiger partial charge on any atom is -0.310 e. The molecule has 52 heavy (non-hydrogen) atoms. The Balaban J connectivity index is 1.01. The van der Waals surface area contributed by atoms with Crippen molar-refractivity contribution in [2.24, 2.45) is 0 Å². The Bertz CT molecular complexity index is 2670. The summed E-state index contributed by atoms with van der Waals surface area (Å²) in [6.07, 6.45) is 4.38. The molecule has 0 unspecified atom stereocenters. The van der Waals surface area contributed by atoms with Crippen LogP contribution in [0.1, 0.15) is 11.1 Å². The molecule has 9 rings (SSSR count). The maximum Gasteiger partial charge on any atom is 0.0540 e. The monoisotopic (exact) mass is 664 g/mol. The van der Waals surface area contributed by atoms with E-state index in [1.807, 2.05) is 0 Å². The molecule has 2 nitrogen and oxygen atoms in total. The number of para-hydroxylation sites is 1. The third-order valence-corrected chi connectivity index (χ3v) is 9.78. The zero-order valence-corrected chi connectivity index (χ0v) is 28.7. The topological polar surface area (TPSA) is 6.48 Å². The van der Waals surface area contributed by atoms with Gasteiger partial charge in [0, 0.05) is 33.8 Å². The van der Waals surface area contributed by atoms with E-state index in [-0.39, 0.29) is 0 Å². The van der Waals surface area contributed by atoms with Crippen molar-refractivity contribution in [2.45, 2.75) is 0 Å². The standard InChI is InChI=1S/C50H36N2/c1-2-17-44(18-3-1)51(47-33-27-39-11-4-6-14-42(39)35-47)45-29-23-37(24-30-45)21-22-38-25-31-46(32-26-38)52(48-34-28-40-12-5-7-15-43(40)36-48)50-20-10-16-41-13-8-9-19-49(41)50/h1-36H/b22-21+. The molecule has 246 valence electrons. The van der Waals surface area contributed by atoms with Gasteiger partial charge in [-0.3, -0.25) is 0 Å². The molecule has 0 radical (unpaired) electrons. The maximum atomic E-state index is 2.37. The molecule has 9 aromatic rings. The third-order valence-electron chi connectivity index (χ3n) is 9.78. The molecule has 0 aromatic heterocycles. The van der Waals surface area contributed by atoms with Crippen molar-refractivity contribution in [1.82, 2.24) is 0 Å². The van der Waals surface area contributed by atoms with Gasteiger partial charge >= 0.3 is 0 Å². The summed E-state index contributed by atoms with van der Waals surface area (Å²) in [5, 5.41) is 7.36. The van der Waals surface area contributed by atoms with Gasteiger partial charge in [-0.15, -0.1) is 0 Å². The van der Waals surface area contributed by atoms with E-state index in [1.54, 1.807) is 0 Å². The second-order valence-corrected chi connectivity index (χ2v) is 13.1. The second-order valence-electron chi connectivity index (χ2n) is 13.1. The molecule has 0 atom stereocenters. The lowest BCUT2D eigenvalue weighted by molar-refractivity contribution is 1.29. The summed E-state index contributed by atoms with van der Waals surface area (Å²) in [5.41, 5.74) is 9.07. The molecule has 0 amide bonds. The lowest BCUT2D eigenvalue weighted by Crippen LogP contribution is -2.10. The molecule has 0 N–H and O–H groups in total. The normalized spacial score (nSPS) is 11.4. The van der Waals surface area contributed by atoms with Crippen LogP contribution < -0.4 is 9.80 Å². The first kappa shape index (κ1) is 31.1. The fourth-order valence-corrected chi connectivity index (χ4v) is 7.15.